The minimum absolute atomic E-state index is 0.767. The number of halogens is 1. The summed E-state index contributed by atoms with van der Waals surface area (Å²) in [5, 5.41) is 0.767. The third-order valence-electron chi connectivity index (χ3n) is 2.94. The van der Waals surface area contributed by atoms with Crippen molar-refractivity contribution in [3.05, 3.63) is 23.2 Å². The zero-order valence-corrected chi connectivity index (χ0v) is 9.63. The molecule has 1 fully saturated rings. The van der Waals surface area contributed by atoms with Crippen LogP contribution in [-0.2, 0) is 0 Å². The van der Waals surface area contributed by atoms with Gasteiger partial charge in [-0.1, -0.05) is 24.4 Å². The minimum atomic E-state index is 0.767. The Morgan fingerprint density at radius 2 is 1.73 bits per heavy atom. The lowest BCUT2D eigenvalue weighted by molar-refractivity contribution is 0.726. The lowest BCUT2D eigenvalue weighted by Gasteiger charge is -2.24. The molecule has 0 saturated carbocycles. The topological polar surface area (TPSA) is 29.3 Å². The predicted molar refractivity (Wildman–Crippen MR) is 66.5 cm³/mol. The fourth-order valence-corrected chi connectivity index (χ4v) is 2.27. The average molecular weight is 225 g/mol. The van der Waals surface area contributed by atoms with Crippen molar-refractivity contribution in [1.82, 2.24) is 0 Å². The van der Waals surface area contributed by atoms with Crippen LogP contribution in [0.25, 0.3) is 0 Å². The molecule has 1 aliphatic heterocycles. The standard InChI is InChI=1S/C12H17ClN2/c13-10-5-6-11(14)12(9-10)15-7-3-1-2-4-8-15/h5-6,9H,1-4,7-8,14H2. The lowest BCUT2D eigenvalue weighted by atomic mass is 10.2. The van der Waals surface area contributed by atoms with E-state index in [1.807, 2.05) is 18.2 Å². The van der Waals surface area contributed by atoms with Crippen molar-refractivity contribution in [3.8, 4) is 0 Å². The SMILES string of the molecule is Nc1ccc(Cl)cc1N1CCCCCC1. The van der Waals surface area contributed by atoms with Crippen LogP contribution in [-0.4, -0.2) is 13.1 Å². The van der Waals surface area contributed by atoms with Crippen molar-refractivity contribution in [2.45, 2.75) is 25.7 Å². The molecule has 0 radical (unpaired) electrons. The molecule has 0 aromatic heterocycles. The van der Waals surface area contributed by atoms with E-state index in [-0.39, 0.29) is 0 Å². The van der Waals surface area contributed by atoms with Gasteiger partial charge in [0.05, 0.1) is 11.4 Å². The first-order valence-electron chi connectivity index (χ1n) is 5.57. The normalized spacial score (nSPS) is 17.5. The fourth-order valence-electron chi connectivity index (χ4n) is 2.10. The van der Waals surface area contributed by atoms with E-state index in [0.717, 1.165) is 29.5 Å². The third-order valence-corrected chi connectivity index (χ3v) is 3.17. The quantitative estimate of drug-likeness (QED) is 0.742. The number of hydrogen-bond donors (Lipinski definition) is 1. The molecule has 2 rings (SSSR count). The number of anilines is 2. The molecule has 2 N–H and O–H groups in total. The second kappa shape index (κ2) is 4.75. The molecule has 1 saturated heterocycles. The van der Waals surface area contributed by atoms with Gasteiger partial charge in [-0.05, 0) is 31.0 Å². The Morgan fingerprint density at radius 3 is 2.40 bits per heavy atom. The van der Waals surface area contributed by atoms with Crippen molar-refractivity contribution in [3.63, 3.8) is 0 Å². The summed E-state index contributed by atoms with van der Waals surface area (Å²) in [5.41, 5.74) is 7.91. The van der Waals surface area contributed by atoms with Gasteiger partial charge in [0.2, 0.25) is 0 Å². The second-order valence-electron chi connectivity index (χ2n) is 4.10. The zero-order chi connectivity index (χ0) is 10.7. The lowest BCUT2D eigenvalue weighted by Crippen LogP contribution is -2.24. The Balaban J connectivity index is 2.22. The molecule has 1 heterocycles. The molecular weight excluding hydrogens is 208 g/mol. The number of nitrogens with two attached hydrogens (primary N) is 1. The fraction of sp³-hybridized carbons (Fsp3) is 0.500. The molecule has 1 aromatic rings. The number of nitrogens with zero attached hydrogens (tertiary/aromatic N) is 1. The summed E-state index contributed by atoms with van der Waals surface area (Å²) in [7, 11) is 0. The maximum Gasteiger partial charge on any atom is 0.0614 e. The van der Waals surface area contributed by atoms with Crippen LogP contribution in [0.1, 0.15) is 25.7 Å². The molecule has 82 valence electrons. The van der Waals surface area contributed by atoms with Crippen LogP contribution >= 0.6 is 11.6 Å². The van der Waals surface area contributed by atoms with Gasteiger partial charge in [-0.3, -0.25) is 0 Å². The smallest absolute Gasteiger partial charge is 0.0614 e. The molecule has 1 aliphatic rings. The first-order valence-corrected chi connectivity index (χ1v) is 5.95. The van der Waals surface area contributed by atoms with Gasteiger partial charge in [-0.25, -0.2) is 0 Å². The first kappa shape index (κ1) is 10.6. The molecule has 15 heavy (non-hydrogen) atoms. The highest BCUT2D eigenvalue weighted by molar-refractivity contribution is 6.31. The third kappa shape index (κ3) is 2.57. The summed E-state index contributed by atoms with van der Waals surface area (Å²) in [4.78, 5) is 2.36. The van der Waals surface area contributed by atoms with E-state index >= 15 is 0 Å². The molecule has 0 spiro atoms. The van der Waals surface area contributed by atoms with Crippen LogP contribution in [0.4, 0.5) is 11.4 Å². The van der Waals surface area contributed by atoms with Gasteiger partial charge < -0.3 is 10.6 Å². The van der Waals surface area contributed by atoms with E-state index in [9.17, 15) is 0 Å². The summed E-state index contributed by atoms with van der Waals surface area (Å²) < 4.78 is 0. The summed E-state index contributed by atoms with van der Waals surface area (Å²) in [6.07, 6.45) is 5.17. The molecule has 0 atom stereocenters. The van der Waals surface area contributed by atoms with Crippen LogP contribution < -0.4 is 10.6 Å². The van der Waals surface area contributed by atoms with Crippen LogP contribution in [0, 0.1) is 0 Å². The number of benzene rings is 1. The maximum absolute atomic E-state index is 5.99. The summed E-state index contributed by atoms with van der Waals surface area (Å²) in [6.45, 7) is 2.20. The first-order chi connectivity index (χ1) is 7.27. The van der Waals surface area contributed by atoms with Gasteiger partial charge in [0.15, 0.2) is 0 Å². The van der Waals surface area contributed by atoms with E-state index in [4.69, 9.17) is 17.3 Å². The van der Waals surface area contributed by atoms with Crippen LogP contribution in [0.2, 0.25) is 5.02 Å². The zero-order valence-electron chi connectivity index (χ0n) is 8.88. The minimum Gasteiger partial charge on any atom is -0.397 e. The largest absolute Gasteiger partial charge is 0.397 e. The monoisotopic (exact) mass is 224 g/mol. The molecular formula is C12H17ClN2. The number of nitrogen functional groups attached to an aromatic ring is 1. The summed E-state index contributed by atoms with van der Waals surface area (Å²) in [6, 6.07) is 5.71. The molecule has 0 bridgehead atoms. The molecule has 0 amide bonds. The van der Waals surface area contributed by atoms with Crippen molar-refractivity contribution in [2.24, 2.45) is 0 Å². The van der Waals surface area contributed by atoms with Gasteiger partial charge in [-0.15, -0.1) is 0 Å². The Kier molecular flexibility index (Phi) is 3.37. The molecule has 2 nitrogen and oxygen atoms in total. The van der Waals surface area contributed by atoms with Gasteiger partial charge in [0.25, 0.3) is 0 Å². The summed E-state index contributed by atoms with van der Waals surface area (Å²) >= 11 is 5.99. The maximum atomic E-state index is 5.99. The highest BCUT2D eigenvalue weighted by Gasteiger charge is 2.12. The van der Waals surface area contributed by atoms with Gasteiger partial charge in [0.1, 0.15) is 0 Å². The van der Waals surface area contributed by atoms with Crippen LogP contribution in [0.5, 0.6) is 0 Å². The van der Waals surface area contributed by atoms with Gasteiger partial charge >= 0.3 is 0 Å². The highest BCUT2D eigenvalue weighted by atomic mass is 35.5. The van der Waals surface area contributed by atoms with Crippen LogP contribution in [0.15, 0.2) is 18.2 Å². The Hall–Kier alpha value is -0.890. The molecule has 0 aliphatic carbocycles. The Morgan fingerprint density at radius 1 is 1.07 bits per heavy atom. The summed E-state index contributed by atoms with van der Waals surface area (Å²) in [5.74, 6) is 0. The van der Waals surface area contributed by atoms with Crippen molar-refractivity contribution < 1.29 is 0 Å². The van der Waals surface area contributed by atoms with Crippen molar-refractivity contribution in [2.75, 3.05) is 23.7 Å². The van der Waals surface area contributed by atoms with E-state index in [1.165, 1.54) is 25.7 Å². The number of hydrogen-bond acceptors (Lipinski definition) is 2. The molecule has 1 aromatic carbocycles. The molecule has 0 unspecified atom stereocenters. The molecule has 3 heteroatoms. The van der Waals surface area contributed by atoms with Gasteiger partial charge in [0, 0.05) is 18.1 Å². The highest BCUT2D eigenvalue weighted by Crippen LogP contribution is 2.28. The predicted octanol–water partition coefficient (Wildman–Crippen LogP) is 3.30. The van der Waals surface area contributed by atoms with E-state index in [1.54, 1.807) is 0 Å². The Bertz CT molecular complexity index is 330. The van der Waals surface area contributed by atoms with Gasteiger partial charge in [-0.2, -0.15) is 0 Å². The van der Waals surface area contributed by atoms with E-state index in [2.05, 4.69) is 4.90 Å². The van der Waals surface area contributed by atoms with Crippen molar-refractivity contribution >= 4 is 23.0 Å². The van der Waals surface area contributed by atoms with E-state index < -0.39 is 0 Å². The van der Waals surface area contributed by atoms with Crippen molar-refractivity contribution in [1.29, 1.82) is 0 Å². The second-order valence-corrected chi connectivity index (χ2v) is 4.54. The van der Waals surface area contributed by atoms with Crippen LogP contribution in [0.3, 0.4) is 0 Å². The Labute approximate surface area is 96.0 Å². The average Bonchev–Trinajstić information content (AvgIpc) is 2.50. The van der Waals surface area contributed by atoms with E-state index in [0.29, 0.717) is 0 Å². The number of rotatable bonds is 1.